The number of aryl methyl sites for hydroxylation is 1. The molecule has 6 nitrogen and oxygen atoms in total. The normalized spacial score (nSPS) is 11.1. The summed E-state index contributed by atoms with van der Waals surface area (Å²) in [6.45, 7) is 2.81. The average Bonchev–Trinajstić information content (AvgIpc) is 3.24. The van der Waals surface area contributed by atoms with Crippen LogP contribution in [0.5, 0.6) is 0 Å². The van der Waals surface area contributed by atoms with Crippen LogP contribution < -0.4 is 5.43 Å². The Kier molecular flexibility index (Phi) is 4.44. The van der Waals surface area contributed by atoms with Crippen molar-refractivity contribution in [3.05, 3.63) is 95.9 Å². The van der Waals surface area contributed by atoms with Crippen molar-refractivity contribution in [3.63, 3.8) is 0 Å². The van der Waals surface area contributed by atoms with Gasteiger partial charge in [0.25, 0.3) is 0 Å². The Labute approximate surface area is 173 Å². The molecule has 3 heterocycles. The molecule has 0 atom stereocenters. The Hall–Kier alpha value is -4.06. The van der Waals surface area contributed by atoms with Crippen LogP contribution >= 0.6 is 0 Å². The SMILES string of the molecule is CCn1cnc2c(-n3cc(-c4ccccc4)c(=O)c(-c4ccccc4)c3)ncnc21. The van der Waals surface area contributed by atoms with E-state index in [9.17, 15) is 4.79 Å². The lowest BCUT2D eigenvalue weighted by atomic mass is 10.0. The third kappa shape index (κ3) is 2.99. The summed E-state index contributed by atoms with van der Waals surface area (Å²) in [7, 11) is 0. The Morgan fingerprint density at radius 1 is 0.800 bits per heavy atom. The predicted molar refractivity (Wildman–Crippen MR) is 117 cm³/mol. The van der Waals surface area contributed by atoms with Gasteiger partial charge in [-0.25, -0.2) is 15.0 Å². The second-order valence-corrected chi connectivity index (χ2v) is 6.95. The summed E-state index contributed by atoms with van der Waals surface area (Å²) in [5.74, 6) is 0.640. The molecule has 0 bridgehead atoms. The van der Waals surface area contributed by atoms with Gasteiger partial charge >= 0.3 is 0 Å². The zero-order valence-electron chi connectivity index (χ0n) is 16.4. The molecule has 0 radical (unpaired) electrons. The molecule has 0 aliphatic rings. The van der Waals surface area contributed by atoms with Crippen LogP contribution in [-0.2, 0) is 6.54 Å². The highest BCUT2D eigenvalue weighted by atomic mass is 16.1. The van der Waals surface area contributed by atoms with Gasteiger partial charge in [-0.3, -0.25) is 4.79 Å². The van der Waals surface area contributed by atoms with Crippen LogP contribution in [0.4, 0.5) is 0 Å². The third-order valence-corrected chi connectivity index (χ3v) is 5.16. The standard InChI is InChI=1S/C24H19N5O/c1-2-28-16-27-21-23(28)25-15-26-24(21)29-13-19(17-9-5-3-6-10-17)22(30)20(14-29)18-11-7-4-8-12-18/h3-16H,2H2,1H3. The highest BCUT2D eigenvalue weighted by molar-refractivity contribution is 5.80. The number of nitrogens with zero attached hydrogens (tertiary/aromatic N) is 5. The summed E-state index contributed by atoms with van der Waals surface area (Å²) < 4.78 is 3.85. The second kappa shape index (κ2) is 7.40. The molecular weight excluding hydrogens is 374 g/mol. The molecule has 0 aliphatic carbocycles. The fraction of sp³-hybridized carbons (Fsp3) is 0.0833. The van der Waals surface area contributed by atoms with Gasteiger partial charge in [-0.1, -0.05) is 60.7 Å². The summed E-state index contributed by atoms with van der Waals surface area (Å²) >= 11 is 0. The zero-order chi connectivity index (χ0) is 20.5. The lowest BCUT2D eigenvalue weighted by Gasteiger charge is -2.12. The topological polar surface area (TPSA) is 65.6 Å². The quantitative estimate of drug-likeness (QED) is 0.456. The zero-order valence-corrected chi connectivity index (χ0v) is 16.4. The Morgan fingerprint density at radius 2 is 1.40 bits per heavy atom. The molecule has 0 aliphatic heterocycles. The summed E-state index contributed by atoms with van der Waals surface area (Å²) in [6.07, 6.45) is 6.96. The first-order chi connectivity index (χ1) is 14.8. The van der Waals surface area contributed by atoms with Crippen molar-refractivity contribution < 1.29 is 0 Å². The first-order valence-electron chi connectivity index (χ1n) is 9.79. The number of rotatable bonds is 4. The fourth-order valence-electron chi connectivity index (χ4n) is 3.64. The molecule has 30 heavy (non-hydrogen) atoms. The molecule has 0 N–H and O–H groups in total. The monoisotopic (exact) mass is 393 g/mol. The maximum Gasteiger partial charge on any atom is 0.197 e. The lowest BCUT2D eigenvalue weighted by Crippen LogP contribution is -2.13. The number of pyridine rings is 1. The smallest absolute Gasteiger partial charge is 0.197 e. The molecule has 0 saturated heterocycles. The van der Waals surface area contributed by atoms with Crippen LogP contribution in [0, 0.1) is 0 Å². The van der Waals surface area contributed by atoms with Crippen LogP contribution in [0.2, 0.25) is 0 Å². The molecule has 0 amide bonds. The van der Waals surface area contributed by atoms with E-state index >= 15 is 0 Å². The van der Waals surface area contributed by atoms with Gasteiger partial charge in [0.2, 0.25) is 0 Å². The van der Waals surface area contributed by atoms with Gasteiger partial charge in [-0.05, 0) is 18.1 Å². The van der Waals surface area contributed by atoms with E-state index in [1.165, 1.54) is 6.33 Å². The van der Waals surface area contributed by atoms with Crippen LogP contribution in [0.25, 0.3) is 39.2 Å². The fourth-order valence-corrected chi connectivity index (χ4v) is 3.64. The van der Waals surface area contributed by atoms with Crippen molar-refractivity contribution in [1.29, 1.82) is 0 Å². The molecule has 5 rings (SSSR count). The maximum absolute atomic E-state index is 13.4. The van der Waals surface area contributed by atoms with E-state index in [-0.39, 0.29) is 5.43 Å². The third-order valence-electron chi connectivity index (χ3n) is 5.16. The molecular formula is C24H19N5O. The minimum Gasteiger partial charge on any atom is -0.315 e. The molecule has 6 heteroatoms. The first-order valence-corrected chi connectivity index (χ1v) is 9.79. The minimum absolute atomic E-state index is 0.0203. The molecule has 3 aromatic heterocycles. The van der Waals surface area contributed by atoms with Gasteiger partial charge in [0.1, 0.15) is 6.33 Å². The Morgan fingerprint density at radius 3 is 1.97 bits per heavy atom. The van der Waals surface area contributed by atoms with E-state index < -0.39 is 0 Å². The summed E-state index contributed by atoms with van der Waals surface area (Å²) in [5, 5.41) is 0. The Balaban J connectivity index is 1.82. The summed E-state index contributed by atoms with van der Waals surface area (Å²) in [6, 6.07) is 19.4. The van der Waals surface area contributed by atoms with Gasteiger partial charge < -0.3 is 9.13 Å². The van der Waals surface area contributed by atoms with E-state index in [1.807, 2.05) is 89.1 Å². The second-order valence-electron chi connectivity index (χ2n) is 6.95. The molecule has 5 aromatic rings. The summed E-state index contributed by atoms with van der Waals surface area (Å²) in [4.78, 5) is 26.8. The predicted octanol–water partition coefficient (Wildman–Crippen LogP) is 4.33. The molecule has 146 valence electrons. The molecule has 0 unspecified atom stereocenters. The molecule has 0 fully saturated rings. The minimum atomic E-state index is -0.0203. The average molecular weight is 393 g/mol. The number of hydrogen-bond acceptors (Lipinski definition) is 4. The van der Waals surface area contributed by atoms with Gasteiger partial charge in [-0.15, -0.1) is 0 Å². The lowest BCUT2D eigenvalue weighted by molar-refractivity contribution is 0.777. The summed E-state index contributed by atoms with van der Waals surface area (Å²) in [5.41, 5.74) is 4.38. The van der Waals surface area contributed by atoms with Crippen LogP contribution in [0.3, 0.4) is 0 Å². The maximum atomic E-state index is 13.4. The molecule has 2 aromatic carbocycles. The number of aromatic nitrogens is 5. The van der Waals surface area contributed by atoms with Crippen molar-refractivity contribution in [2.45, 2.75) is 13.5 Å². The van der Waals surface area contributed by atoms with Crippen LogP contribution in [0.1, 0.15) is 6.92 Å². The van der Waals surface area contributed by atoms with E-state index in [0.29, 0.717) is 22.5 Å². The largest absolute Gasteiger partial charge is 0.315 e. The van der Waals surface area contributed by atoms with E-state index in [0.717, 1.165) is 23.3 Å². The van der Waals surface area contributed by atoms with Crippen molar-refractivity contribution in [2.75, 3.05) is 0 Å². The van der Waals surface area contributed by atoms with Gasteiger partial charge in [0, 0.05) is 30.1 Å². The Bertz CT molecular complexity index is 1320. The number of fused-ring (bicyclic) bond motifs is 1. The van der Waals surface area contributed by atoms with Crippen LogP contribution in [-0.4, -0.2) is 24.1 Å². The highest BCUT2D eigenvalue weighted by Gasteiger charge is 2.16. The molecule has 0 spiro atoms. The van der Waals surface area contributed by atoms with Gasteiger partial charge in [0.05, 0.1) is 6.33 Å². The van der Waals surface area contributed by atoms with E-state index in [4.69, 9.17) is 0 Å². The first kappa shape index (κ1) is 18.0. The van der Waals surface area contributed by atoms with E-state index in [1.54, 1.807) is 6.33 Å². The highest BCUT2D eigenvalue weighted by Crippen LogP contribution is 2.24. The molecule has 0 saturated carbocycles. The number of hydrogen-bond donors (Lipinski definition) is 0. The van der Waals surface area contributed by atoms with Gasteiger partial charge in [0.15, 0.2) is 22.4 Å². The van der Waals surface area contributed by atoms with Crippen molar-refractivity contribution in [2.24, 2.45) is 0 Å². The number of benzene rings is 2. The van der Waals surface area contributed by atoms with Gasteiger partial charge in [-0.2, -0.15) is 0 Å². The number of imidazole rings is 1. The van der Waals surface area contributed by atoms with Crippen molar-refractivity contribution in [1.82, 2.24) is 24.1 Å². The van der Waals surface area contributed by atoms with Crippen molar-refractivity contribution >= 4 is 11.2 Å². The van der Waals surface area contributed by atoms with Crippen LogP contribution in [0.15, 0.2) is 90.5 Å². The van der Waals surface area contributed by atoms with E-state index in [2.05, 4.69) is 15.0 Å². The van der Waals surface area contributed by atoms with Crippen molar-refractivity contribution in [3.8, 4) is 28.1 Å².